The van der Waals surface area contributed by atoms with Gasteiger partial charge >= 0.3 is 0 Å². The van der Waals surface area contributed by atoms with Gasteiger partial charge in [-0.2, -0.15) is 5.26 Å². The molecule has 0 atom stereocenters. The highest BCUT2D eigenvalue weighted by atomic mass is 16.3. The summed E-state index contributed by atoms with van der Waals surface area (Å²) in [5, 5.41) is 26.2. The minimum atomic E-state index is -0.0183. The van der Waals surface area contributed by atoms with Gasteiger partial charge in [-0.1, -0.05) is 0 Å². The number of rotatable bonds is 1. The lowest BCUT2D eigenvalue weighted by Gasteiger charge is -1.97. The van der Waals surface area contributed by atoms with Gasteiger partial charge < -0.3 is 10.2 Å². The minimum Gasteiger partial charge on any atom is -0.508 e. The second-order valence-corrected chi connectivity index (χ2v) is 2.19. The van der Waals surface area contributed by atoms with E-state index in [2.05, 4.69) is 0 Å². The van der Waals surface area contributed by atoms with Crippen molar-refractivity contribution < 1.29 is 10.2 Å². The van der Waals surface area contributed by atoms with Crippen LogP contribution in [-0.4, -0.2) is 10.2 Å². The Morgan fingerprint density at radius 2 is 1.73 bits per heavy atom. The Morgan fingerprint density at radius 1 is 1.18 bits per heavy atom. The molecule has 56 valence electrons. The Bertz CT molecular complexity index is 281. The Labute approximate surface area is 64.1 Å². The lowest BCUT2D eigenvalue weighted by Crippen LogP contribution is -1.79. The zero-order valence-electron chi connectivity index (χ0n) is 5.78. The number of benzene rings is 1. The largest absolute Gasteiger partial charge is 0.508 e. The van der Waals surface area contributed by atoms with E-state index in [4.69, 9.17) is 15.5 Å². The highest BCUT2D eigenvalue weighted by molar-refractivity contribution is 5.37. The SMILES string of the molecule is N#CCc1cc(O)cc(O)c1. The van der Waals surface area contributed by atoms with Crippen molar-refractivity contribution in [3.63, 3.8) is 0 Å². The predicted molar refractivity (Wildman–Crippen MR) is 39.1 cm³/mol. The summed E-state index contributed by atoms with van der Waals surface area (Å²) >= 11 is 0. The van der Waals surface area contributed by atoms with Gasteiger partial charge in [0.1, 0.15) is 11.5 Å². The predicted octanol–water partition coefficient (Wildman–Crippen LogP) is 1.16. The molecule has 0 bridgehead atoms. The standard InChI is InChI=1S/C8H7NO2/c9-2-1-6-3-7(10)5-8(11)4-6/h3-5,10-11H,1H2. The third kappa shape index (κ3) is 1.87. The molecule has 0 radical (unpaired) electrons. The van der Waals surface area contributed by atoms with Gasteiger partial charge in [-0.3, -0.25) is 0 Å². The van der Waals surface area contributed by atoms with Gasteiger partial charge in [0.2, 0.25) is 0 Å². The van der Waals surface area contributed by atoms with Crippen molar-refractivity contribution in [2.24, 2.45) is 0 Å². The number of phenols is 2. The van der Waals surface area contributed by atoms with Crippen LogP contribution in [0.4, 0.5) is 0 Å². The molecule has 0 fully saturated rings. The minimum absolute atomic E-state index is 0.0183. The van der Waals surface area contributed by atoms with Crippen LogP contribution in [0.15, 0.2) is 18.2 Å². The Kier molecular flexibility index (Phi) is 1.98. The van der Waals surface area contributed by atoms with E-state index in [1.807, 2.05) is 6.07 Å². The van der Waals surface area contributed by atoms with Crippen LogP contribution in [-0.2, 0) is 6.42 Å². The molecule has 0 aliphatic rings. The maximum absolute atomic E-state index is 8.95. The third-order valence-corrected chi connectivity index (χ3v) is 1.25. The molecular formula is C8H7NO2. The zero-order valence-corrected chi connectivity index (χ0v) is 5.78. The van der Waals surface area contributed by atoms with E-state index in [0.29, 0.717) is 5.56 Å². The monoisotopic (exact) mass is 149 g/mol. The van der Waals surface area contributed by atoms with E-state index >= 15 is 0 Å². The van der Waals surface area contributed by atoms with Crippen LogP contribution in [0.25, 0.3) is 0 Å². The molecule has 0 unspecified atom stereocenters. The van der Waals surface area contributed by atoms with Gasteiger partial charge in [0.15, 0.2) is 0 Å². The summed E-state index contributed by atoms with van der Waals surface area (Å²) in [4.78, 5) is 0. The fourth-order valence-corrected chi connectivity index (χ4v) is 0.850. The first-order valence-electron chi connectivity index (χ1n) is 3.11. The Hall–Kier alpha value is -1.69. The lowest BCUT2D eigenvalue weighted by atomic mass is 10.1. The molecule has 0 aliphatic heterocycles. The fourth-order valence-electron chi connectivity index (χ4n) is 0.850. The lowest BCUT2D eigenvalue weighted by molar-refractivity contribution is 0.449. The van der Waals surface area contributed by atoms with E-state index in [-0.39, 0.29) is 17.9 Å². The van der Waals surface area contributed by atoms with Crippen LogP contribution >= 0.6 is 0 Å². The quantitative estimate of drug-likeness (QED) is 0.629. The molecule has 1 rings (SSSR count). The van der Waals surface area contributed by atoms with E-state index in [0.717, 1.165) is 0 Å². The highest BCUT2D eigenvalue weighted by Gasteiger charge is 1.97. The number of aromatic hydroxyl groups is 2. The van der Waals surface area contributed by atoms with E-state index in [1.165, 1.54) is 18.2 Å². The van der Waals surface area contributed by atoms with Crippen molar-refractivity contribution in [2.45, 2.75) is 6.42 Å². The van der Waals surface area contributed by atoms with Gasteiger partial charge in [0, 0.05) is 6.07 Å². The van der Waals surface area contributed by atoms with Crippen molar-refractivity contribution in [1.29, 1.82) is 5.26 Å². The highest BCUT2D eigenvalue weighted by Crippen LogP contribution is 2.20. The summed E-state index contributed by atoms with van der Waals surface area (Å²) < 4.78 is 0. The Balaban J connectivity index is 3.01. The maximum atomic E-state index is 8.95. The number of nitriles is 1. The normalized spacial score (nSPS) is 9.00. The summed E-state index contributed by atoms with van der Waals surface area (Å²) in [6.45, 7) is 0. The van der Waals surface area contributed by atoms with E-state index in [9.17, 15) is 0 Å². The molecular weight excluding hydrogens is 142 g/mol. The summed E-state index contributed by atoms with van der Waals surface area (Å²) in [7, 11) is 0. The second kappa shape index (κ2) is 2.93. The molecule has 1 aromatic rings. The van der Waals surface area contributed by atoms with Gasteiger partial charge in [-0.25, -0.2) is 0 Å². The molecule has 0 aliphatic carbocycles. The van der Waals surface area contributed by atoms with Crippen molar-refractivity contribution >= 4 is 0 Å². The van der Waals surface area contributed by atoms with Gasteiger partial charge in [0.05, 0.1) is 12.5 Å². The van der Waals surface area contributed by atoms with Crippen molar-refractivity contribution in [1.82, 2.24) is 0 Å². The molecule has 0 heterocycles. The molecule has 0 amide bonds. The first kappa shape index (κ1) is 7.42. The summed E-state index contributed by atoms with van der Waals surface area (Å²) in [6, 6.07) is 6.03. The van der Waals surface area contributed by atoms with E-state index in [1.54, 1.807) is 0 Å². The Morgan fingerprint density at radius 3 is 2.18 bits per heavy atom. The topological polar surface area (TPSA) is 64.2 Å². The number of phenolic OH excluding ortho intramolecular Hbond substituents is 2. The molecule has 0 spiro atoms. The van der Waals surface area contributed by atoms with Crippen LogP contribution in [0.3, 0.4) is 0 Å². The molecule has 2 N–H and O–H groups in total. The van der Waals surface area contributed by atoms with Crippen molar-refractivity contribution in [3.8, 4) is 17.6 Å². The van der Waals surface area contributed by atoms with Crippen LogP contribution in [0.2, 0.25) is 0 Å². The average molecular weight is 149 g/mol. The molecule has 3 heteroatoms. The molecule has 11 heavy (non-hydrogen) atoms. The number of nitrogens with zero attached hydrogens (tertiary/aromatic N) is 1. The first-order valence-corrected chi connectivity index (χ1v) is 3.11. The third-order valence-electron chi connectivity index (χ3n) is 1.25. The zero-order chi connectivity index (χ0) is 8.27. The number of hydrogen-bond donors (Lipinski definition) is 2. The maximum Gasteiger partial charge on any atom is 0.119 e. The molecule has 0 saturated carbocycles. The van der Waals surface area contributed by atoms with Gasteiger partial charge in [0.25, 0.3) is 0 Å². The van der Waals surface area contributed by atoms with E-state index < -0.39 is 0 Å². The summed E-state index contributed by atoms with van der Waals surface area (Å²) in [5.41, 5.74) is 0.616. The summed E-state index contributed by atoms with van der Waals surface area (Å²) in [6.07, 6.45) is 0.196. The van der Waals surface area contributed by atoms with Gasteiger partial charge in [-0.15, -0.1) is 0 Å². The fraction of sp³-hybridized carbons (Fsp3) is 0.125. The van der Waals surface area contributed by atoms with Crippen LogP contribution in [0.5, 0.6) is 11.5 Å². The van der Waals surface area contributed by atoms with Crippen LogP contribution in [0, 0.1) is 11.3 Å². The first-order chi connectivity index (χ1) is 5.22. The second-order valence-electron chi connectivity index (χ2n) is 2.19. The van der Waals surface area contributed by atoms with Crippen LogP contribution in [0.1, 0.15) is 5.56 Å². The average Bonchev–Trinajstić information content (AvgIpc) is 1.85. The molecule has 3 nitrogen and oxygen atoms in total. The molecule has 1 aromatic carbocycles. The van der Waals surface area contributed by atoms with Crippen molar-refractivity contribution in [2.75, 3.05) is 0 Å². The smallest absolute Gasteiger partial charge is 0.119 e. The van der Waals surface area contributed by atoms with Crippen molar-refractivity contribution in [3.05, 3.63) is 23.8 Å². The summed E-state index contributed by atoms with van der Waals surface area (Å²) in [5.74, 6) is -0.0366. The van der Waals surface area contributed by atoms with Gasteiger partial charge in [-0.05, 0) is 17.7 Å². The molecule has 0 aromatic heterocycles. The number of hydrogen-bond acceptors (Lipinski definition) is 3. The molecule has 0 saturated heterocycles. The van der Waals surface area contributed by atoms with Crippen LogP contribution < -0.4 is 0 Å².